The van der Waals surface area contributed by atoms with Gasteiger partial charge in [-0.1, -0.05) is 13.3 Å². The summed E-state index contributed by atoms with van der Waals surface area (Å²) in [5.74, 6) is 0.903. The third kappa shape index (κ3) is 10.9. The normalized spacial score (nSPS) is 6.00. The molecule has 0 saturated carbocycles. The van der Waals surface area contributed by atoms with Crippen molar-refractivity contribution in [1.29, 1.82) is 0 Å². The molecule has 26 valence electrons. The predicted octanol–water partition coefficient (Wildman–Crippen LogP) is -2.05. The van der Waals surface area contributed by atoms with E-state index in [0.717, 1.165) is 12.2 Å². The molecule has 0 unspecified atom stereocenters. The second-order valence-corrected chi connectivity index (χ2v) is 1.11. The molecule has 0 aromatic heterocycles. The van der Waals surface area contributed by atoms with E-state index in [1.807, 2.05) is 0 Å². The van der Waals surface area contributed by atoms with Crippen LogP contribution in [0.3, 0.4) is 0 Å². The van der Waals surface area contributed by atoms with Gasteiger partial charge in [-0.3, -0.25) is 0 Å². The fraction of sp³-hybridized carbons (Fsp3) is 1.00. The molecule has 0 amide bonds. The summed E-state index contributed by atoms with van der Waals surface area (Å²) in [4.78, 5) is 0. The second-order valence-electron chi connectivity index (χ2n) is 0.704. The van der Waals surface area contributed by atoms with Crippen LogP contribution in [0.25, 0.3) is 0 Å². The fourth-order valence-electron chi connectivity index (χ4n) is 0. The monoisotopic (exact) mass is 98.0 g/mol. The van der Waals surface area contributed by atoms with Gasteiger partial charge in [0.25, 0.3) is 0 Å². The molecule has 0 radical (unpaired) electrons. The van der Waals surface area contributed by atoms with E-state index in [1.165, 1.54) is 0 Å². The zero-order valence-electron chi connectivity index (χ0n) is 3.82. The van der Waals surface area contributed by atoms with Crippen LogP contribution in [0, 0.1) is 0 Å². The summed E-state index contributed by atoms with van der Waals surface area (Å²) < 4.78 is 0. The zero-order chi connectivity index (χ0) is 3.41. The Labute approximate surface area is 61.0 Å². The summed E-state index contributed by atoms with van der Waals surface area (Å²) in [6.45, 7) is 2.08. The molecule has 5 heavy (non-hydrogen) atoms. The number of rotatable bonds is 1. The Morgan fingerprint density at radius 1 is 1.60 bits per heavy atom. The molecule has 0 aromatic carbocycles. The summed E-state index contributed by atoms with van der Waals surface area (Å²) in [6, 6.07) is 0. The predicted molar refractivity (Wildman–Crippen MR) is 22.5 cm³/mol. The summed E-state index contributed by atoms with van der Waals surface area (Å²) in [6.07, 6.45) is 1.13. The second kappa shape index (κ2) is 9.02. The molecule has 0 aliphatic carbocycles. The molecule has 0 heterocycles. The van der Waals surface area contributed by atoms with Crippen molar-refractivity contribution in [1.82, 2.24) is 0 Å². The molecule has 0 aliphatic rings. The van der Waals surface area contributed by atoms with Crippen molar-refractivity contribution in [2.24, 2.45) is 0 Å². The van der Waals surface area contributed by atoms with Crippen LogP contribution < -0.4 is 29.6 Å². The van der Waals surface area contributed by atoms with Crippen molar-refractivity contribution >= 4 is 12.6 Å². The maximum atomic E-state index is 4.55. The van der Waals surface area contributed by atoms with E-state index in [4.69, 9.17) is 0 Å². The van der Waals surface area contributed by atoms with E-state index in [9.17, 15) is 0 Å². The smallest absolute Gasteiger partial charge is 0.793 e. The van der Waals surface area contributed by atoms with Crippen LogP contribution in [-0.2, 0) is 12.6 Å². The third-order valence-corrected chi connectivity index (χ3v) is 0.612. The summed E-state index contributed by atoms with van der Waals surface area (Å²) >= 11 is 4.55. The van der Waals surface area contributed by atoms with Crippen LogP contribution in [0.2, 0.25) is 0 Å². The Morgan fingerprint density at radius 3 is 1.80 bits per heavy atom. The summed E-state index contributed by atoms with van der Waals surface area (Å²) in [5, 5.41) is 0. The quantitative estimate of drug-likeness (QED) is 0.269. The van der Waals surface area contributed by atoms with Gasteiger partial charge < -0.3 is 12.6 Å². The van der Waals surface area contributed by atoms with Gasteiger partial charge in [0.15, 0.2) is 0 Å². The molecule has 0 N–H and O–H groups in total. The maximum Gasteiger partial charge on any atom is 1.00 e. The SMILES string of the molecule is CCC[S-].[Na+]. The maximum absolute atomic E-state index is 4.55. The molecule has 0 nitrogen and oxygen atoms in total. The Bertz CT molecular complexity index is 8.85. The summed E-state index contributed by atoms with van der Waals surface area (Å²) in [5.41, 5.74) is 0. The molecular formula is C3H7NaS. The van der Waals surface area contributed by atoms with Gasteiger partial charge >= 0.3 is 29.6 Å². The molecule has 0 spiro atoms. The molecule has 0 aliphatic heterocycles. The van der Waals surface area contributed by atoms with Gasteiger partial charge in [0.05, 0.1) is 0 Å². The van der Waals surface area contributed by atoms with Crippen LogP contribution in [0.4, 0.5) is 0 Å². The first-order chi connectivity index (χ1) is 1.91. The average Bonchev–Trinajstić information content (AvgIpc) is 1.37. The first-order valence-corrected chi connectivity index (χ1v) is 2.07. The van der Waals surface area contributed by atoms with Crippen LogP contribution >= 0.6 is 0 Å². The molecule has 0 bridgehead atoms. The van der Waals surface area contributed by atoms with E-state index >= 15 is 0 Å². The van der Waals surface area contributed by atoms with Crippen LogP contribution in [0.15, 0.2) is 0 Å². The van der Waals surface area contributed by atoms with E-state index in [1.54, 1.807) is 0 Å². The van der Waals surface area contributed by atoms with E-state index < -0.39 is 0 Å². The van der Waals surface area contributed by atoms with E-state index in [0.29, 0.717) is 0 Å². The van der Waals surface area contributed by atoms with Gasteiger partial charge in [-0.2, -0.15) is 5.75 Å². The Hall–Kier alpha value is 1.35. The molecule has 0 aromatic rings. The zero-order valence-corrected chi connectivity index (χ0v) is 6.64. The average molecular weight is 98.1 g/mol. The minimum atomic E-state index is 0. The van der Waals surface area contributed by atoms with Gasteiger partial charge in [0, 0.05) is 0 Å². The molecular weight excluding hydrogens is 91.1 g/mol. The minimum absolute atomic E-state index is 0. The summed E-state index contributed by atoms with van der Waals surface area (Å²) in [7, 11) is 0. The molecule has 0 atom stereocenters. The first kappa shape index (κ1) is 9.61. The standard InChI is InChI=1S/C3H8S.Na/c1-2-3-4;/h4H,2-3H2,1H3;/q;+1/p-1. The largest absolute Gasteiger partial charge is 1.00 e. The topological polar surface area (TPSA) is 0 Å². The van der Waals surface area contributed by atoms with Crippen LogP contribution in [-0.4, -0.2) is 5.75 Å². The van der Waals surface area contributed by atoms with Crippen molar-refractivity contribution in [2.45, 2.75) is 13.3 Å². The van der Waals surface area contributed by atoms with E-state index in [2.05, 4.69) is 19.6 Å². The van der Waals surface area contributed by atoms with Gasteiger partial charge in [-0.25, -0.2) is 0 Å². The molecule has 0 saturated heterocycles. The Kier molecular flexibility index (Phi) is 17.3. The minimum Gasteiger partial charge on any atom is -0.793 e. The van der Waals surface area contributed by atoms with Crippen molar-refractivity contribution in [3.63, 3.8) is 0 Å². The van der Waals surface area contributed by atoms with Crippen molar-refractivity contribution < 1.29 is 29.6 Å². The Balaban J connectivity index is 0. The molecule has 0 fully saturated rings. The molecule has 0 rings (SSSR count). The van der Waals surface area contributed by atoms with Crippen molar-refractivity contribution in [3.05, 3.63) is 0 Å². The fourth-order valence-corrected chi connectivity index (χ4v) is 0. The Morgan fingerprint density at radius 2 is 1.80 bits per heavy atom. The van der Waals surface area contributed by atoms with Crippen LogP contribution in [0.5, 0.6) is 0 Å². The van der Waals surface area contributed by atoms with Gasteiger partial charge in [-0.15, -0.1) is 0 Å². The number of hydrogen-bond acceptors (Lipinski definition) is 1. The van der Waals surface area contributed by atoms with Gasteiger partial charge in [-0.05, 0) is 0 Å². The molecule has 2 heteroatoms. The first-order valence-electron chi connectivity index (χ1n) is 1.50. The van der Waals surface area contributed by atoms with Gasteiger partial charge in [0.2, 0.25) is 0 Å². The van der Waals surface area contributed by atoms with Crippen molar-refractivity contribution in [2.75, 3.05) is 5.75 Å². The van der Waals surface area contributed by atoms with Crippen molar-refractivity contribution in [3.8, 4) is 0 Å². The van der Waals surface area contributed by atoms with Crippen LogP contribution in [0.1, 0.15) is 13.3 Å². The van der Waals surface area contributed by atoms with Gasteiger partial charge in [0.1, 0.15) is 0 Å². The number of hydrogen-bond donors (Lipinski definition) is 0. The third-order valence-electron chi connectivity index (χ3n) is 0.204. The van der Waals surface area contributed by atoms with E-state index in [-0.39, 0.29) is 29.6 Å².